The Morgan fingerprint density at radius 1 is 1.29 bits per heavy atom. The van der Waals surface area contributed by atoms with E-state index in [1.165, 1.54) is 7.11 Å². The summed E-state index contributed by atoms with van der Waals surface area (Å²) in [6.45, 7) is 0. The lowest BCUT2D eigenvalue weighted by atomic mass is 9.59. The molecule has 4 atom stereocenters. The summed E-state index contributed by atoms with van der Waals surface area (Å²) in [5.74, 6) is -4.92. The number of aliphatic hydroxyl groups is 2. The van der Waals surface area contributed by atoms with Gasteiger partial charge in [0.25, 0.3) is 5.91 Å². The molecule has 3 aliphatic rings. The molecule has 8 nitrogen and oxygen atoms in total. The number of nitrogens with two attached hydrogens (primary N) is 2. The van der Waals surface area contributed by atoms with Crippen molar-refractivity contribution in [3.8, 4) is 0 Å². The van der Waals surface area contributed by atoms with E-state index in [0.29, 0.717) is 12.0 Å². The van der Waals surface area contributed by atoms with Crippen LogP contribution in [0.4, 0.5) is 0 Å². The third-order valence-corrected chi connectivity index (χ3v) is 6.09. The highest BCUT2D eigenvalue weighted by atomic mass is 16.5. The molecule has 0 saturated heterocycles. The molecule has 28 heavy (non-hydrogen) atoms. The zero-order valence-corrected chi connectivity index (χ0v) is 15.1. The van der Waals surface area contributed by atoms with E-state index in [-0.39, 0.29) is 17.8 Å². The quantitative estimate of drug-likeness (QED) is 0.519. The number of carbonyl (C=O) groups is 3. The van der Waals surface area contributed by atoms with Gasteiger partial charge in [0.05, 0.1) is 13.2 Å². The number of fused-ring (bicyclic) bond motifs is 3. The van der Waals surface area contributed by atoms with Crippen LogP contribution in [0.5, 0.6) is 0 Å². The van der Waals surface area contributed by atoms with Gasteiger partial charge in [-0.1, -0.05) is 24.3 Å². The maximum Gasteiger partial charge on any atom is 0.255 e. The molecule has 6 N–H and O–H groups in total. The normalized spacial score (nSPS) is 31.9. The average Bonchev–Trinajstić information content (AvgIpc) is 2.66. The number of benzene rings is 1. The summed E-state index contributed by atoms with van der Waals surface area (Å²) in [6.07, 6.45) is 0.630. The molecule has 0 saturated carbocycles. The number of carbonyl (C=O) groups excluding carboxylic acids is 3. The number of ether oxygens (including phenoxy) is 1. The van der Waals surface area contributed by atoms with E-state index >= 15 is 0 Å². The van der Waals surface area contributed by atoms with Gasteiger partial charge >= 0.3 is 0 Å². The first-order chi connectivity index (χ1) is 13.2. The van der Waals surface area contributed by atoms with Crippen LogP contribution in [0.1, 0.15) is 22.3 Å². The largest absolute Gasteiger partial charge is 0.508 e. The first-order valence-electron chi connectivity index (χ1n) is 8.90. The van der Waals surface area contributed by atoms with Crippen LogP contribution in [0.3, 0.4) is 0 Å². The minimum absolute atomic E-state index is 0.0114. The van der Waals surface area contributed by atoms with Crippen LogP contribution in [0.25, 0.3) is 0 Å². The van der Waals surface area contributed by atoms with Crippen molar-refractivity contribution < 1.29 is 29.3 Å². The number of hydrogen-bond donors (Lipinski definition) is 4. The summed E-state index contributed by atoms with van der Waals surface area (Å²) < 4.78 is 5.15. The molecule has 1 aromatic carbocycles. The van der Waals surface area contributed by atoms with Crippen molar-refractivity contribution in [2.45, 2.75) is 24.5 Å². The third kappa shape index (κ3) is 2.15. The summed E-state index contributed by atoms with van der Waals surface area (Å²) in [7, 11) is 1.25. The van der Waals surface area contributed by atoms with Gasteiger partial charge in [-0.3, -0.25) is 14.4 Å². The van der Waals surface area contributed by atoms with Crippen molar-refractivity contribution in [3.05, 3.63) is 58.1 Å². The maximum absolute atomic E-state index is 13.0. The van der Waals surface area contributed by atoms with E-state index in [4.69, 9.17) is 16.2 Å². The van der Waals surface area contributed by atoms with Crippen molar-refractivity contribution in [2.75, 3.05) is 7.11 Å². The average molecular weight is 384 g/mol. The molecule has 3 aliphatic carbocycles. The Morgan fingerprint density at radius 3 is 2.61 bits per heavy atom. The predicted octanol–water partition coefficient (Wildman–Crippen LogP) is -0.0995. The van der Waals surface area contributed by atoms with Gasteiger partial charge in [-0.15, -0.1) is 0 Å². The molecule has 0 spiro atoms. The number of amides is 1. The molecule has 0 fully saturated rings. The monoisotopic (exact) mass is 384 g/mol. The highest BCUT2D eigenvalue weighted by Crippen LogP contribution is 2.50. The molecule has 1 amide bonds. The van der Waals surface area contributed by atoms with Crippen molar-refractivity contribution in [3.63, 3.8) is 0 Å². The second-order valence-electron chi connectivity index (χ2n) is 7.42. The van der Waals surface area contributed by atoms with E-state index in [9.17, 15) is 24.6 Å². The van der Waals surface area contributed by atoms with Gasteiger partial charge in [-0.05, 0) is 24.3 Å². The Balaban J connectivity index is 1.93. The fourth-order valence-electron chi connectivity index (χ4n) is 4.78. The van der Waals surface area contributed by atoms with Crippen LogP contribution in [0.2, 0.25) is 0 Å². The van der Waals surface area contributed by atoms with Crippen LogP contribution >= 0.6 is 0 Å². The Hall–Kier alpha value is -2.97. The molecule has 146 valence electrons. The lowest BCUT2D eigenvalue weighted by molar-refractivity contribution is -0.145. The topological polar surface area (TPSA) is 153 Å². The Kier molecular flexibility index (Phi) is 3.95. The Labute approximate surface area is 160 Å². The SMILES string of the molecule is COC1=C(C(N)=O)C(=O)[C@@]2(O)C(O)=C3C(=O)c4ccccc4C[C@H]3C[C@H]2[C@@H]1N. The standard InChI is InChI=1S/C20H20N2O6/c1-28-16-13(19(22)26)18(25)20(27)11(14(16)21)7-9-6-8-4-2-3-5-10(8)15(23)12(9)17(20)24/h2-5,9,11,14,24,27H,6-7,21H2,1H3,(H2,22,26)/t9-,11-,14-,20-/m0/s1. The summed E-state index contributed by atoms with van der Waals surface area (Å²) in [4.78, 5) is 37.9. The number of allylic oxidation sites excluding steroid dienone is 1. The summed E-state index contributed by atoms with van der Waals surface area (Å²) in [5, 5.41) is 22.2. The fourth-order valence-corrected chi connectivity index (χ4v) is 4.78. The predicted molar refractivity (Wildman–Crippen MR) is 96.9 cm³/mol. The summed E-state index contributed by atoms with van der Waals surface area (Å²) in [5.41, 5.74) is 9.65. The summed E-state index contributed by atoms with van der Waals surface area (Å²) in [6, 6.07) is 5.94. The smallest absolute Gasteiger partial charge is 0.255 e. The molecular weight excluding hydrogens is 364 g/mol. The maximum atomic E-state index is 13.0. The first kappa shape index (κ1) is 18.4. The number of rotatable bonds is 2. The molecule has 0 aromatic heterocycles. The van der Waals surface area contributed by atoms with Crippen molar-refractivity contribution in [1.82, 2.24) is 0 Å². The Bertz CT molecular complexity index is 994. The zero-order chi connectivity index (χ0) is 20.4. The lowest BCUT2D eigenvalue weighted by Gasteiger charge is -2.48. The van der Waals surface area contributed by atoms with Crippen LogP contribution < -0.4 is 11.5 Å². The molecule has 0 aliphatic heterocycles. The molecule has 0 bridgehead atoms. The zero-order valence-electron chi connectivity index (χ0n) is 15.1. The second kappa shape index (κ2) is 6.02. The van der Waals surface area contributed by atoms with Crippen LogP contribution in [0, 0.1) is 11.8 Å². The summed E-state index contributed by atoms with van der Waals surface area (Å²) >= 11 is 0. The molecular formula is C20H20N2O6. The van der Waals surface area contributed by atoms with E-state index in [0.717, 1.165) is 5.56 Å². The van der Waals surface area contributed by atoms with E-state index in [1.54, 1.807) is 12.1 Å². The minimum Gasteiger partial charge on any atom is -0.508 e. The van der Waals surface area contributed by atoms with Crippen molar-refractivity contribution >= 4 is 17.5 Å². The molecule has 4 rings (SSSR count). The number of methoxy groups -OCH3 is 1. The molecule has 0 heterocycles. The first-order valence-corrected chi connectivity index (χ1v) is 8.90. The highest BCUT2D eigenvalue weighted by molar-refractivity contribution is 6.24. The number of primary amides is 1. The van der Waals surface area contributed by atoms with Crippen LogP contribution in [-0.2, 0) is 20.7 Å². The van der Waals surface area contributed by atoms with E-state index in [1.807, 2.05) is 12.1 Å². The van der Waals surface area contributed by atoms with Gasteiger partial charge in [-0.2, -0.15) is 0 Å². The number of hydrogen-bond acceptors (Lipinski definition) is 7. The Morgan fingerprint density at radius 2 is 1.96 bits per heavy atom. The van der Waals surface area contributed by atoms with Gasteiger partial charge in [-0.25, -0.2) is 0 Å². The molecule has 8 heteroatoms. The van der Waals surface area contributed by atoms with Gasteiger partial charge in [0.15, 0.2) is 11.4 Å². The fraction of sp³-hybridized carbons (Fsp3) is 0.350. The van der Waals surface area contributed by atoms with Crippen LogP contribution in [-0.4, -0.2) is 46.4 Å². The lowest BCUT2D eigenvalue weighted by Crippen LogP contribution is -2.63. The molecule has 0 radical (unpaired) electrons. The van der Waals surface area contributed by atoms with Gasteiger partial charge in [0, 0.05) is 17.1 Å². The van der Waals surface area contributed by atoms with E-state index in [2.05, 4.69) is 0 Å². The number of aliphatic hydroxyl groups excluding tert-OH is 1. The van der Waals surface area contributed by atoms with Crippen LogP contribution in [0.15, 0.2) is 46.9 Å². The molecule has 0 unspecified atom stereocenters. The van der Waals surface area contributed by atoms with Crippen molar-refractivity contribution in [1.29, 1.82) is 0 Å². The van der Waals surface area contributed by atoms with E-state index < -0.39 is 52.3 Å². The molecule has 1 aromatic rings. The number of ketones is 2. The second-order valence-corrected chi connectivity index (χ2v) is 7.42. The third-order valence-electron chi connectivity index (χ3n) is 6.09. The minimum atomic E-state index is -2.50. The highest BCUT2D eigenvalue weighted by Gasteiger charge is 2.62. The van der Waals surface area contributed by atoms with Crippen molar-refractivity contribution in [2.24, 2.45) is 23.3 Å². The number of Topliss-reactive ketones (excluding diaryl/α,β-unsaturated/α-hetero) is 2. The van der Waals surface area contributed by atoms with Gasteiger partial charge < -0.3 is 26.4 Å². The van der Waals surface area contributed by atoms with Gasteiger partial charge in [0.2, 0.25) is 5.78 Å². The van der Waals surface area contributed by atoms with Gasteiger partial charge in [0.1, 0.15) is 17.1 Å².